The largest absolute Gasteiger partial charge is 0.364 e. The van der Waals surface area contributed by atoms with Gasteiger partial charge in [0.25, 0.3) is 5.91 Å². The van der Waals surface area contributed by atoms with Gasteiger partial charge >= 0.3 is 6.03 Å². The van der Waals surface area contributed by atoms with Crippen LogP contribution in [0.3, 0.4) is 0 Å². The van der Waals surface area contributed by atoms with E-state index in [4.69, 9.17) is 10.7 Å². The second-order valence-electron chi connectivity index (χ2n) is 8.35. The Balaban J connectivity index is 1.62. The maximum Gasteiger partial charge on any atom is 0.317 e. The van der Waals surface area contributed by atoms with Gasteiger partial charge in [-0.2, -0.15) is 0 Å². The Kier molecular flexibility index (Phi) is 6.25. The number of hydrogen-bond acceptors (Lipinski definition) is 7. The molecule has 172 valence electrons. The van der Waals surface area contributed by atoms with E-state index in [1.165, 1.54) is 4.90 Å². The minimum absolute atomic E-state index is 0.00373. The van der Waals surface area contributed by atoms with Crippen molar-refractivity contribution in [2.45, 2.75) is 31.8 Å². The van der Waals surface area contributed by atoms with E-state index in [0.29, 0.717) is 5.82 Å². The number of rotatable bonds is 5. The number of aromatic nitrogens is 3. The number of fused-ring (bicyclic) bond motifs is 1. The van der Waals surface area contributed by atoms with E-state index in [1.807, 2.05) is 37.3 Å². The summed E-state index contributed by atoms with van der Waals surface area (Å²) in [5, 5.41) is 7.22. The zero-order valence-corrected chi connectivity index (χ0v) is 18.9. The number of nitrogens with zero attached hydrogens (tertiary/aromatic N) is 5. The normalized spacial score (nSPS) is 18.1. The molecule has 2 aromatic heterocycles. The highest BCUT2D eigenvalue weighted by molar-refractivity contribution is 5.96. The number of hydrogen-bond donors (Lipinski definition) is 3. The van der Waals surface area contributed by atoms with E-state index in [1.54, 1.807) is 26.5 Å². The molecule has 10 nitrogen and oxygen atoms in total. The summed E-state index contributed by atoms with van der Waals surface area (Å²) in [6, 6.07) is 9.35. The van der Waals surface area contributed by atoms with Crippen molar-refractivity contribution in [1.29, 1.82) is 0 Å². The van der Waals surface area contributed by atoms with Gasteiger partial charge in [0.1, 0.15) is 5.82 Å². The van der Waals surface area contributed by atoms with Gasteiger partial charge < -0.3 is 26.2 Å². The van der Waals surface area contributed by atoms with Crippen LogP contribution in [-0.4, -0.2) is 64.5 Å². The Bertz CT molecular complexity index is 1180. The number of urea groups is 1. The van der Waals surface area contributed by atoms with Crippen LogP contribution in [-0.2, 0) is 0 Å². The minimum Gasteiger partial charge on any atom is -0.364 e. The predicted octanol–water partition coefficient (Wildman–Crippen LogP) is 2.50. The third-order valence-corrected chi connectivity index (χ3v) is 5.86. The lowest BCUT2D eigenvalue weighted by Crippen LogP contribution is -2.56. The smallest absolute Gasteiger partial charge is 0.317 e. The van der Waals surface area contributed by atoms with Crippen molar-refractivity contribution in [2.24, 2.45) is 5.73 Å². The highest BCUT2D eigenvalue weighted by Gasteiger charge is 2.31. The maximum atomic E-state index is 12.2. The fourth-order valence-electron chi connectivity index (χ4n) is 4.02. The summed E-state index contributed by atoms with van der Waals surface area (Å²) in [7, 11) is 3.44. The molecule has 0 radical (unpaired) electrons. The number of amides is 3. The fraction of sp³-hybridized carbons (Fsp3) is 0.348. The summed E-state index contributed by atoms with van der Waals surface area (Å²) in [5.41, 5.74) is 7.23. The van der Waals surface area contributed by atoms with Gasteiger partial charge in [-0.05, 0) is 44.0 Å². The van der Waals surface area contributed by atoms with Crippen molar-refractivity contribution in [3.8, 4) is 0 Å². The average Bonchev–Trinajstić information content (AvgIpc) is 2.80. The van der Waals surface area contributed by atoms with Crippen molar-refractivity contribution in [3.05, 3.63) is 48.4 Å². The lowest BCUT2D eigenvalue weighted by molar-refractivity contribution is 0.0996. The number of nitrogens with two attached hydrogens (primary N) is 1. The third-order valence-electron chi connectivity index (χ3n) is 5.86. The fourth-order valence-corrected chi connectivity index (χ4v) is 4.02. The van der Waals surface area contributed by atoms with E-state index in [0.717, 1.165) is 36.0 Å². The van der Waals surface area contributed by atoms with Crippen LogP contribution in [0.2, 0.25) is 0 Å². The number of carbonyl (C=O) groups excluding carboxylic acids is 2. The summed E-state index contributed by atoms with van der Waals surface area (Å²) in [6.45, 7) is 2.81. The Morgan fingerprint density at radius 1 is 1.21 bits per heavy atom. The lowest BCUT2D eigenvalue weighted by Gasteiger charge is -2.40. The molecule has 1 aliphatic rings. The first-order chi connectivity index (χ1) is 15.8. The molecule has 10 heteroatoms. The molecule has 1 aliphatic heterocycles. The second kappa shape index (κ2) is 9.27. The van der Waals surface area contributed by atoms with E-state index in [-0.39, 0.29) is 29.6 Å². The van der Waals surface area contributed by atoms with Crippen LogP contribution in [0.25, 0.3) is 10.9 Å². The van der Waals surface area contributed by atoms with E-state index in [9.17, 15) is 9.59 Å². The molecule has 0 bridgehead atoms. The molecule has 1 aromatic carbocycles. The van der Waals surface area contributed by atoms with Gasteiger partial charge in [0, 0.05) is 44.0 Å². The Morgan fingerprint density at radius 2 is 2.03 bits per heavy atom. The molecule has 2 atom stereocenters. The van der Waals surface area contributed by atoms with Crippen LogP contribution in [0, 0.1) is 0 Å². The van der Waals surface area contributed by atoms with E-state index < -0.39 is 5.91 Å². The predicted molar refractivity (Wildman–Crippen MR) is 128 cm³/mol. The summed E-state index contributed by atoms with van der Waals surface area (Å²) in [4.78, 5) is 41.2. The van der Waals surface area contributed by atoms with Crippen LogP contribution in [0.5, 0.6) is 0 Å². The van der Waals surface area contributed by atoms with Gasteiger partial charge in [-0.25, -0.2) is 14.8 Å². The molecular weight excluding hydrogens is 420 g/mol. The van der Waals surface area contributed by atoms with Crippen molar-refractivity contribution < 1.29 is 9.59 Å². The van der Waals surface area contributed by atoms with Crippen LogP contribution in [0.1, 0.15) is 30.3 Å². The zero-order valence-electron chi connectivity index (χ0n) is 18.9. The first kappa shape index (κ1) is 22.3. The average molecular weight is 449 g/mol. The summed E-state index contributed by atoms with van der Waals surface area (Å²) in [6.07, 6.45) is 5.06. The van der Waals surface area contributed by atoms with Gasteiger partial charge in [0.2, 0.25) is 0 Å². The molecule has 0 unspecified atom stereocenters. The van der Waals surface area contributed by atoms with Crippen molar-refractivity contribution in [1.82, 2.24) is 25.2 Å². The molecule has 1 fully saturated rings. The Hall–Kier alpha value is -3.95. The van der Waals surface area contributed by atoms with Crippen LogP contribution < -0.4 is 21.3 Å². The summed E-state index contributed by atoms with van der Waals surface area (Å²) in [5.74, 6) is 0.234. The molecular formula is C23H28N8O2. The van der Waals surface area contributed by atoms with E-state index >= 15 is 0 Å². The van der Waals surface area contributed by atoms with Gasteiger partial charge in [0.05, 0.1) is 17.8 Å². The first-order valence-electron chi connectivity index (χ1n) is 10.9. The van der Waals surface area contributed by atoms with Crippen molar-refractivity contribution >= 4 is 40.2 Å². The summed E-state index contributed by atoms with van der Waals surface area (Å²) >= 11 is 0. The van der Waals surface area contributed by atoms with Crippen LogP contribution >= 0.6 is 0 Å². The minimum atomic E-state index is -0.665. The van der Waals surface area contributed by atoms with Crippen LogP contribution in [0.15, 0.2) is 42.7 Å². The quantitative estimate of drug-likeness (QED) is 0.547. The molecule has 0 spiro atoms. The van der Waals surface area contributed by atoms with Gasteiger partial charge in [0.15, 0.2) is 11.5 Å². The second-order valence-corrected chi connectivity index (χ2v) is 8.35. The lowest BCUT2D eigenvalue weighted by atomic mass is 9.97. The van der Waals surface area contributed by atoms with Gasteiger partial charge in [-0.3, -0.25) is 9.78 Å². The Morgan fingerprint density at radius 3 is 2.79 bits per heavy atom. The molecule has 4 N–H and O–H groups in total. The number of anilines is 3. The molecule has 33 heavy (non-hydrogen) atoms. The third kappa shape index (κ3) is 4.79. The zero-order chi connectivity index (χ0) is 23.5. The number of pyridine rings is 1. The molecule has 0 saturated carbocycles. The maximum absolute atomic E-state index is 12.2. The topological polar surface area (TPSA) is 129 Å². The van der Waals surface area contributed by atoms with Crippen molar-refractivity contribution in [3.63, 3.8) is 0 Å². The molecule has 1 saturated heterocycles. The Labute approximate surface area is 192 Å². The number of benzene rings is 1. The van der Waals surface area contributed by atoms with Gasteiger partial charge in [-0.15, -0.1) is 0 Å². The number of carbonyl (C=O) groups is 2. The van der Waals surface area contributed by atoms with Crippen molar-refractivity contribution in [2.75, 3.05) is 30.9 Å². The molecule has 4 rings (SSSR count). The first-order valence-corrected chi connectivity index (χ1v) is 10.9. The molecule has 0 aliphatic carbocycles. The number of nitrogens with one attached hydrogen (secondary N) is 2. The van der Waals surface area contributed by atoms with Crippen LogP contribution in [0.4, 0.5) is 22.1 Å². The van der Waals surface area contributed by atoms with E-state index in [2.05, 4.69) is 25.5 Å². The summed E-state index contributed by atoms with van der Waals surface area (Å²) < 4.78 is 0. The van der Waals surface area contributed by atoms with Gasteiger partial charge in [-0.1, -0.05) is 6.07 Å². The number of piperidine rings is 1. The number of primary amides is 1. The molecule has 3 amide bonds. The highest BCUT2D eigenvalue weighted by atomic mass is 16.2. The monoisotopic (exact) mass is 448 g/mol. The SMILES string of the molecule is C[C@@H]1[C@H](NC(=O)N(C)C)CCCN1c1cnc(C(N)=O)c(Nc2ccc3ncccc3c2)n1. The molecule has 3 heterocycles. The molecule has 3 aromatic rings. The highest BCUT2D eigenvalue weighted by Crippen LogP contribution is 2.27. The standard InChI is InChI=1S/C23H28N8O2/c1-14-17(28-23(33)30(2)3)7-5-11-31(14)19-13-26-20(21(24)32)22(29-19)27-16-8-9-18-15(12-16)6-4-10-25-18/h4,6,8-10,12-14,17H,5,7,11H2,1-3H3,(H2,24,32)(H,27,29)(H,28,33)/t14-,17-/m1/s1.